The molecule has 1 aliphatic heterocycles. The number of hydrogen-bond acceptors (Lipinski definition) is 4. The van der Waals surface area contributed by atoms with E-state index in [-0.39, 0.29) is 18.4 Å². The summed E-state index contributed by atoms with van der Waals surface area (Å²) in [6.07, 6.45) is 0.228. The van der Waals surface area contributed by atoms with E-state index in [0.717, 1.165) is 5.56 Å². The summed E-state index contributed by atoms with van der Waals surface area (Å²) in [6, 6.07) is 7.52. The first kappa shape index (κ1) is 19.6. The summed E-state index contributed by atoms with van der Waals surface area (Å²) < 4.78 is 10.7. The average Bonchev–Trinajstić information content (AvgIpc) is 2.53. The van der Waals surface area contributed by atoms with Crippen molar-refractivity contribution < 1.29 is 19.1 Å². The van der Waals surface area contributed by atoms with Gasteiger partial charge in [0.1, 0.15) is 5.60 Å². The second kappa shape index (κ2) is 8.09. The SMILES string of the molecule is CCOC(=O)C1CN(C(=O)OC(C)(C)C)CCC1c1ccccc1Cl. The van der Waals surface area contributed by atoms with Crippen molar-refractivity contribution in [2.45, 2.75) is 45.6 Å². The number of carbonyl (C=O) groups excluding carboxylic acids is 2. The highest BCUT2D eigenvalue weighted by Gasteiger charge is 2.39. The molecule has 1 aromatic rings. The van der Waals surface area contributed by atoms with E-state index in [4.69, 9.17) is 21.1 Å². The van der Waals surface area contributed by atoms with E-state index in [9.17, 15) is 9.59 Å². The topological polar surface area (TPSA) is 55.8 Å². The molecule has 1 fully saturated rings. The Morgan fingerprint density at radius 3 is 2.56 bits per heavy atom. The maximum absolute atomic E-state index is 12.5. The van der Waals surface area contributed by atoms with E-state index in [1.54, 1.807) is 11.8 Å². The third-order valence-corrected chi connectivity index (χ3v) is 4.50. The van der Waals surface area contributed by atoms with E-state index in [1.807, 2.05) is 45.0 Å². The quantitative estimate of drug-likeness (QED) is 0.749. The smallest absolute Gasteiger partial charge is 0.410 e. The third-order valence-electron chi connectivity index (χ3n) is 4.16. The molecule has 0 aromatic heterocycles. The summed E-state index contributed by atoms with van der Waals surface area (Å²) in [7, 11) is 0. The zero-order valence-electron chi connectivity index (χ0n) is 15.3. The molecule has 1 heterocycles. The summed E-state index contributed by atoms with van der Waals surface area (Å²) >= 11 is 6.33. The number of nitrogens with zero attached hydrogens (tertiary/aromatic N) is 1. The van der Waals surface area contributed by atoms with Gasteiger partial charge in [-0.1, -0.05) is 29.8 Å². The van der Waals surface area contributed by atoms with Gasteiger partial charge in [-0.15, -0.1) is 0 Å². The first-order valence-electron chi connectivity index (χ1n) is 8.62. The van der Waals surface area contributed by atoms with E-state index < -0.39 is 17.6 Å². The van der Waals surface area contributed by atoms with Gasteiger partial charge in [-0.05, 0) is 45.7 Å². The van der Waals surface area contributed by atoms with Gasteiger partial charge in [0.05, 0.1) is 12.5 Å². The van der Waals surface area contributed by atoms with E-state index in [0.29, 0.717) is 24.6 Å². The zero-order valence-corrected chi connectivity index (χ0v) is 16.0. The van der Waals surface area contributed by atoms with Gasteiger partial charge in [-0.25, -0.2) is 4.79 Å². The second-order valence-electron chi connectivity index (χ2n) is 7.20. The number of amides is 1. The Balaban J connectivity index is 2.22. The Morgan fingerprint density at radius 2 is 1.96 bits per heavy atom. The van der Waals surface area contributed by atoms with Gasteiger partial charge < -0.3 is 14.4 Å². The average molecular weight is 368 g/mol. The van der Waals surface area contributed by atoms with Gasteiger partial charge in [-0.3, -0.25) is 4.79 Å². The Morgan fingerprint density at radius 1 is 1.28 bits per heavy atom. The van der Waals surface area contributed by atoms with Gasteiger partial charge in [0, 0.05) is 24.0 Å². The monoisotopic (exact) mass is 367 g/mol. The number of esters is 1. The predicted octanol–water partition coefficient (Wildman–Crippen LogP) is 4.24. The van der Waals surface area contributed by atoms with Crippen LogP contribution in [0.15, 0.2) is 24.3 Å². The molecular weight excluding hydrogens is 342 g/mol. The molecule has 138 valence electrons. The Labute approximate surface area is 154 Å². The molecule has 0 bridgehead atoms. The lowest BCUT2D eigenvalue weighted by Gasteiger charge is -2.38. The molecule has 1 amide bonds. The molecule has 5 nitrogen and oxygen atoms in total. The Kier molecular flexibility index (Phi) is 6.33. The van der Waals surface area contributed by atoms with E-state index >= 15 is 0 Å². The van der Waals surface area contributed by atoms with Crippen molar-refractivity contribution in [3.63, 3.8) is 0 Å². The number of carbonyl (C=O) groups is 2. The van der Waals surface area contributed by atoms with Crippen LogP contribution in [-0.4, -0.2) is 42.3 Å². The summed E-state index contributed by atoms with van der Waals surface area (Å²) in [5.41, 5.74) is 0.349. The maximum Gasteiger partial charge on any atom is 0.410 e. The van der Waals surface area contributed by atoms with Crippen LogP contribution in [0.5, 0.6) is 0 Å². The molecule has 6 heteroatoms. The number of benzene rings is 1. The first-order valence-corrected chi connectivity index (χ1v) is 8.99. The summed E-state index contributed by atoms with van der Waals surface area (Å²) in [5, 5.41) is 0.632. The highest BCUT2D eigenvalue weighted by Crippen LogP contribution is 2.37. The van der Waals surface area contributed by atoms with Gasteiger partial charge in [-0.2, -0.15) is 0 Å². The lowest BCUT2D eigenvalue weighted by molar-refractivity contribution is -0.150. The second-order valence-corrected chi connectivity index (χ2v) is 7.61. The molecule has 0 N–H and O–H groups in total. The van der Waals surface area contributed by atoms with Crippen molar-refractivity contribution in [3.05, 3.63) is 34.9 Å². The van der Waals surface area contributed by atoms with Crippen LogP contribution in [-0.2, 0) is 14.3 Å². The largest absolute Gasteiger partial charge is 0.466 e. The van der Waals surface area contributed by atoms with Crippen LogP contribution in [0.1, 0.15) is 45.6 Å². The van der Waals surface area contributed by atoms with Gasteiger partial charge in [0.2, 0.25) is 0 Å². The molecule has 0 aliphatic carbocycles. The summed E-state index contributed by atoms with van der Waals surface area (Å²) in [4.78, 5) is 26.5. The van der Waals surface area contributed by atoms with Crippen molar-refractivity contribution >= 4 is 23.7 Å². The fourth-order valence-corrected chi connectivity index (χ4v) is 3.36. The molecule has 25 heavy (non-hydrogen) atoms. The highest BCUT2D eigenvalue weighted by molar-refractivity contribution is 6.31. The Hall–Kier alpha value is -1.75. The number of likely N-dealkylation sites (tertiary alicyclic amines) is 1. The predicted molar refractivity (Wildman–Crippen MR) is 96.7 cm³/mol. The molecule has 0 saturated carbocycles. The maximum atomic E-state index is 12.5. The number of piperidine rings is 1. The van der Waals surface area contributed by atoms with Crippen LogP contribution in [0.25, 0.3) is 0 Å². The van der Waals surface area contributed by atoms with Gasteiger partial charge in [0.25, 0.3) is 0 Å². The van der Waals surface area contributed by atoms with Crippen LogP contribution in [0.2, 0.25) is 5.02 Å². The molecule has 2 unspecified atom stereocenters. The number of hydrogen-bond donors (Lipinski definition) is 0. The van der Waals surface area contributed by atoms with Crippen molar-refractivity contribution in [1.82, 2.24) is 4.90 Å². The van der Waals surface area contributed by atoms with Crippen LogP contribution in [0.4, 0.5) is 4.79 Å². The van der Waals surface area contributed by atoms with Crippen LogP contribution in [0, 0.1) is 5.92 Å². The molecule has 0 radical (unpaired) electrons. The molecule has 1 aliphatic rings. The first-order chi connectivity index (χ1) is 11.7. The van der Waals surface area contributed by atoms with Crippen LogP contribution in [0.3, 0.4) is 0 Å². The number of ether oxygens (including phenoxy) is 2. The highest BCUT2D eigenvalue weighted by atomic mass is 35.5. The van der Waals surface area contributed by atoms with Crippen LogP contribution < -0.4 is 0 Å². The van der Waals surface area contributed by atoms with Gasteiger partial charge >= 0.3 is 12.1 Å². The van der Waals surface area contributed by atoms with Crippen molar-refractivity contribution in [3.8, 4) is 0 Å². The minimum atomic E-state index is -0.573. The van der Waals surface area contributed by atoms with E-state index in [1.165, 1.54) is 0 Å². The lowest BCUT2D eigenvalue weighted by atomic mass is 9.80. The van der Waals surface area contributed by atoms with Gasteiger partial charge in [0.15, 0.2) is 0 Å². The molecule has 2 rings (SSSR count). The fraction of sp³-hybridized carbons (Fsp3) is 0.579. The molecular formula is C19H26ClNO4. The number of rotatable bonds is 3. The standard InChI is InChI=1S/C19H26ClNO4/c1-5-24-17(22)15-12-21(18(23)25-19(2,3)4)11-10-13(15)14-8-6-7-9-16(14)20/h6-9,13,15H,5,10-12H2,1-4H3. The molecule has 2 atom stereocenters. The molecule has 0 spiro atoms. The third kappa shape index (κ3) is 5.11. The number of halogens is 1. The van der Waals surface area contributed by atoms with E-state index in [2.05, 4.69) is 0 Å². The van der Waals surface area contributed by atoms with Crippen molar-refractivity contribution in [2.24, 2.45) is 5.92 Å². The summed E-state index contributed by atoms with van der Waals surface area (Å²) in [5.74, 6) is -0.840. The van der Waals surface area contributed by atoms with Crippen molar-refractivity contribution in [2.75, 3.05) is 19.7 Å². The fourth-order valence-electron chi connectivity index (χ4n) is 3.08. The zero-order chi connectivity index (χ0) is 18.6. The normalized spacial score (nSPS) is 20.9. The summed E-state index contributed by atoms with van der Waals surface area (Å²) in [6.45, 7) is 8.33. The minimum absolute atomic E-state index is 0.0774. The minimum Gasteiger partial charge on any atom is -0.466 e. The van der Waals surface area contributed by atoms with Crippen LogP contribution >= 0.6 is 11.6 Å². The molecule has 1 aromatic carbocycles. The van der Waals surface area contributed by atoms with Crippen molar-refractivity contribution in [1.29, 1.82) is 0 Å². The Bertz CT molecular complexity index is 626. The molecule has 1 saturated heterocycles. The lowest BCUT2D eigenvalue weighted by Crippen LogP contribution is -2.47.